The SMILES string of the molecule is CN([C@@H]1C[C@@H]2CN(C3CCN(C(=O)OC(C)(C)C)CC3)C[C@@H]2C1)S(C)(=O)=O. The average Bonchev–Trinajstić information content (AvgIpc) is 3.10. The predicted molar refractivity (Wildman–Crippen MR) is 105 cm³/mol. The van der Waals surface area contributed by atoms with Gasteiger partial charge in [-0.25, -0.2) is 17.5 Å². The summed E-state index contributed by atoms with van der Waals surface area (Å²) in [5.74, 6) is 1.20. The van der Waals surface area contributed by atoms with Crippen molar-refractivity contribution in [1.29, 1.82) is 0 Å². The fourth-order valence-corrected chi connectivity index (χ4v) is 5.62. The van der Waals surface area contributed by atoms with Gasteiger partial charge in [0.1, 0.15) is 5.60 Å². The zero-order chi connectivity index (χ0) is 20.0. The molecule has 0 radical (unpaired) electrons. The number of carbonyl (C=O) groups excluding carboxylic acids is 1. The van der Waals surface area contributed by atoms with Crippen LogP contribution >= 0.6 is 0 Å². The monoisotopic (exact) mass is 401 g/mol. The van der Waals surface area contributed by atoms with E-state index in [1.165, 1.54) is 6.26 Å². The van der Waals surface area contributed by atoms with E-state index in [1.54, 1.807) is 11.4 Å². The summed E-state index contributed by atoms with van der Waals surface area (Å²) in [5, 5.41) is 0. The molecule has 3 aliphatic rings. The van der Waals surface area contributed by atoms with Crippen molar-refractivity contribution in [3.8, 4) is 0 Å². The topological polar surface area (TPSA) is 70.2 Å². The van der Waals surface area contributed by atoms with Crippen molar-refractivity contribution < 1.29 is 17.9 Å². The van der Waals surface area contributed by atoms with Gasteiger partial charge in [-0.3, -0.25) is 4.90 Å². The van der Waals surface area contributed by atoms with E-state index in [0.717, 1.165) is 51.9 Å². The van der Waals surface area contributed by atoms with Gasteiger partial charge in [0.15, 0.2) is 0 Å². The summed E-state index contributed by atoms with van der Waals surface area (Å²) in [6.45, 7) is 9.33. The van der Waals surface area contributed by atoms with Gasteiger partial charge >= 0.3 is 6.09 Å². The van der Waals surface area contributed by atoms with Crippen molar-refractivity contribution in [2.24, 2.45) is 11.8 Å². The van der Waals surface area contributed by atoms with Gasteiger partial charge in [-0.1, -0.05) is 0 Å². The minimum atomic E-state index is -3.11. The molecular weight excluding hydrogens is 366 g/mol. The Kier molecular flexibility index (Phi) is 5.81. The third kappa shape index (κ3) is 4.95. The number of fused-ring (bicyclic) bond motifs is 1. The molecule has 1 saturated carbocycles. The van der Waals surface area contributed by atoms with Crippen molar-refractivity contribution in [3.63, 3.8) is 0 Å². The molecule has 0 aromatic rings. The van der Waals surface area contributed by atoms with E-state index in [-0.39, 0.29) is 12.1 Å². The van der Waals surface area contributed by atoms with Crippen LogP contribution in [0.4, 0.5) is 4.79 Å². The van der Waals surface area contributed by atoms with Crippen LogP contribution in [-0.2, 0) is 14.8 Å². The van der Waals surface area contributed by atoms with Crippen LogP contribution < -0.4 is 0 Å². The Bertz CT molecular complexity index is 638. The van der Waals surface area contributed by atoms with Crippen LogP contribution in [0.25, 0.3) is 0 Å². The van der Waals surface area contributed by atoms with Crippen LogP contribution in [0.1, 0.15) is 46.5 Å². The Labute approximate surface area is 164 Å². The number of piperidine rings is 1. The van der Waals surface area contributed by atoms with E-state index in [0.29, 0.717) is 17.9 Å². The molecular formula is C19H35N3O4S. The summed E-state index contributed by atoms with van der Waals surface area (Å²) in [6.07, 6.45) is 5.02. The van der Waals surface area contributed by atoms with E-state index >= 15 is 0 Å². The number of ether oxygens (including phenoxy) is 1. The maximum atomic E-state index is 12.2. The second-order valence-corrected chi connectivity index (χ2v) is 11.6. The highest BCUT2D eigenvalue weighted by Gasteiger charge is 2.45. The van der Waals surface area contributed by atoms with Crippen LogP contribution in [0.2, 0.25) is 0 Å². The van der Waals surface area contributed by atoms with Crippen molar-refractivity contribution in [2.75, 3.05) is 39.5 Å². The molecule has 156 valence electrons. The fraction of sp³-hybridized carbons (Fsp3) is 0.947. The molecule has 0 bridgehead atoms. The van der Waals surface area contributed by atoms with Crippen molar-refractivity contribution >= 4 is 16.1 Å². The average molecular weight is 402 g/mol. The summed E-state index contributed by atoms with van der Waals surface area (Å²) in [4.78, 5) is 16.6. The molecule has 2 heterocycles. The molecule has 0 N–H and O–H groups in total. The summed E-state index contributed by atoms with van der Waals surface area (Å²) in [5.41, 5.74) is -0.448. The molecule has 3 atom stereocenters. The smallest absolute Gasteiger partial charge is 0.410 e. The quantitative estimate of drug-likeness (QED) is 0.723. The van der Waals surface area contributed by atoms with Gasteiger partial charge in [0.05, 0.1) is 6.26 Å². The highest BCUT2D eigenvalue weighted by atomic mass is 32.2. The molecule has 8 heteroatoms. The number of carbonyl (C=O) groups is 1. The predicted octanol–water partition coefficient (Wildman–Crippen LogP) is 1.99. The summed E-state index contributed by atoms with van der Waals surface area (Å²) >= 11 is 0. The van der Waals surface area contributed by atoms with Crippen LogP contribution in [0.5, 0.6) is 0 Å². The summed E-state index contributed by atoms with van der Waals surface area (Å²) < 4.78 is 30.6. The highest BCUT2D eigenvalue weighted by Crippen LogP contribution is 2.41. The Morgan fingerprint density at radius 3 is 2.04 bits per heavy atom. The lowest BCUT2D eigenvalue weighted by atomic mass is 10.0. The standard InChI is InChI=1S/C19H35N3O4S/c1-19(2,3)26-18(23)21-8-6-16(7-9-21)22-12-14-10-17(11-15(14)13-22)20(4)27(5,24)25/h14-17H,6-13H2,1-5H3/t14-,15+,17-. The number of likely N-dealkylation sites (tertiary alicyclic amines) is 2. The van der Waals surface area contributed by atoms with Crippen molar-refractivity contribution in [3.05, 3.63) is 0 Å². The van der Waals surface area contributed by atoms with Gasteiger partial charge in [0.2, 0.25) is 10.0 Å². The number of rotatable bonds is 3. The first-order valence-electron chi connectivity index (χ1n) is 10.1. The molecule has 3 rings (SSSR count). The van der Waals surface area contributed by atoms with Gasteiger partial charge < -0.3 is 9.64 Å². The number of sulfonamides is 1. The van der Waals surface area contributed by atoms with Crippen molar-refractivity contribution in [2.45, 2.75) is 64.1 Å². The van der Waals surface area contributed by atoms with Gasteiger partial charge in [0.25, 0.3) is 0 Å². The lowest BCUT2D eigenvalue weighted by molar-refractivity contribution is 0.0151. The van der Waals surface area contributed by atoms with Crippen molar-refractivity contribution in [1.82, 2.24) is 14.1 Å². The van der Waals surface area contributed by atoms with Gasteiger partial charge in [-0.15, -0.1) is 0 Å². The molecule has 0 unspecified atom stereocenters. The molecule has 2 saturated heterocycles. The fourth-order valence-electron chi connectivity index (χ4n) is 4.91. The third-order valence-corrected chi connectivity index (χ3v) is 7.77. The first-order chi connectivity index (χ1) is 12.4. The second-order valence-electron chi connectivity index (χ2n) is 9.58. The Morgan fingerprint density at radius 2 is 1.59 bits per heavy atom. The minimum Gasteiger partial charge on any atom is -0.444 e. The lowest BCUT2D eigenvalue weighted by Gasteiger charge is -2.37. The molecule has 1 amide bonds. The first kappa shape index (κ1) is 20.9. The van der Waals surface area contributed by atoms with Gasteiger partial charge in [-0.2, -0.15) is 0 Å². The molecule has 0 aromatic heterocycles. The van der Waals surface area contributed by atoms with Crippen LogP contribution in [-0.4, -0.2) is 85.8 Å². The number of hydrogen-bond donors (Lipinski definition) is 0. The minimum absolute atomic E-state index is 0.158. The Hall–Kier alpha value is -0.860. The molecule has 2 aliphatic heterocycles. The van der Waals surface area contributed by atoms with Gasteiger partial charge in [0, 0.05) is 45.3 Å². The molecule has 0 aromatic carbocycles. The Balaban J connectivity index is 1.47. The molecule has 3 fully saturated rings. The van der Waals surface area contributed by atoms with E-state index in [1.807, 2.05) is 25.7 Å². The number of nitrogens with zero attached hydrogens (tertiary/aromatic N) is 3. The molecule has 27 heavy (non-hydrogen) atoms. The highest BCUT2D eigenvalue weighted by molar-refractivity contribution is 7.88. The zero-order valence-electron chi connectivity index (χ0n) is 17.3. The normalized spacial score (nSPS) is 30.7. The first-order valence-corrected chi connectivity index (χ1v) is 11.9. The van der Waals surface area contributed by atoms with E-state index in [9.17, 15) is 13.2 Å². The number of amides is 1. The molecule has 7 nitrogen and oxygen atoms in total. The van der Waals surface area contributed by atoms with Gasteiger partial charge in [-0.05, 0) is 58.3 Å². The maximum absolute atomic E-state index is 12.2. The maximum Gasteiger partial charge on any atom is 0.410 e. The summed E-state index contributed by atoms with van der Waals surface area (Å²) in [6, 6.07) is 0.687. The summed E-state index contributed by atoms with van der Waals surface area (Å²) in [7, 11) is -1.39. The zero-order valence-corrected chi connectivity index (χ0v) is 18.2. The largest absolute Gasteiger partial charge is 0.444 e. The van der Waals surface area contributed by atoms with E-state index < -0.39 is 15.6 Å². The molecule has 0 spiro atoms. The Morgan fingerprint density at radius 1 is 1.07 bits per heavy atom. The third-order valence-electron chi connectivity index (χ3n) is 6.42. The second kappa shape index (κ2) is 7.52. The number of hydrogen-bond acceptors (Lipinski definition) is 5. The van der Waals surface area contributed by atoms with Crippen LogP contribution in [0.3, 0.4) is 0 Å². The van der Waals surface area contributed by atoms with E-state index in [2.05, 4.69) is 4.90 Å². The van der Waals surface area contributed by atoms with E-state index in [4.69, 9.17) is 4.74 Å². The van der Waals surface area contributed by atoms with Crippen LogP contribution in [0.15, 0.2) is 0 Å². The van der Waals surface area contributed by atoms with Crippen LogP contribution in [0, 0.1) is 11.8 Å². The lowest BCUT2D eigenvalue weighted by Crippen LogP contribution is -2.47. The molecule has 1 aliphatic carbocycles.